The third-order valence-corrected chi connectivity index (χ3v) is 3.81. The van der Waals surface area contributed by atoms with Gasteiger partial charge >= 0.3 is 5.69 Å². The smallest absolute Gasteiger partial charge is 0.329 e. The van der Waals surface area contributed by atoms with Crippen LogP contribution in [-0.4, -0.2) is 15.7 Å². The maximum Gasteiger partial charge on any atom is 0.329 e. The van der Waals surface area contributed by atoms with Crippen LogP contribution in [-0.2, 0) is 13.1 Å². The Balaban J connectivity index is 1.78. The monoisotopic (exact) mass is 307 g/mol. The molecular weight excluding hydrogens is 290 g/mol. The van der Waals surface area contributed by atoms with E-state index in [4.69, 9.17) is 10.00 Å². The highest BCUT2D eigenvalue weighted by atomic mass is 16.5. The lowest BCUT2D eigenvalue weighted by atomic mass is 10.2. The number of imidazole rings is 1. The fourth-order valence-corrected chi connectivity index (χ4v) is 2.67. The van der Waals surface area contributed by atoms with Crippen LogP contribution in [0.15, 0.2) is 53.3 Å². The van der Waals surface area contributed by atoms with Gasteiger partial charge < -0.3 is 4.74 Å². The molecule has 2 aromatic carbocycles. The van der Waals surface area contributed by atoms with E-state index in [9.17, 15) is 4.79 Å². The molecule has 23 heavy (non-hydrogen) atoms. The number of hydrogen-bond donors (Lipinski definition) is 0. The number of nitrogens with zero attached hydrogens (tertiary/aromatic N) is 3. The minimum absolute atomic E-state index is 0.0165. The zero-order valence-corrected chi connectivity index (χ0v) is 12.9. The van der Waals surface area contributed by atoms with Crippen molar-refractivity contribution in [1.29, 1.82) is 5.26 Å². The maximum absolute atomic E-state index is 12.5. The highest BCUT2D eigenvalue weighted by molar-refractivity contribution is 5.75. The Morgan fingerprint density at radius 2 is 1.70 bits per heavy atom. The van der Waals surface area contributed by atoms with E-state index in [1.165, 1.54) is 0 Å². The van der Waals surface area contributed by atoms with Gasteiger partial charge in [0.25, 0.3) is 0 Å². The second-order valence-electron chi connectivity index (χ2n) is 5.15. The van der Waals surface area contributed by atoms with Crippen LogP contribution in [0.5, 0.6) is 5.75 Å². The predicted molar refractivity (Wildman–Crippen MR) is 88.5 cm³/mol. The number of nitriles is 1. The molecule has 0 saturated heterocycles. The molecule has 116 valence electrons. The average molecular weight is 307 g/mol. The van der Waals surface area contributed by atoms with Crippen molar-refractivity contribution in [2.75, 3.05) is 6.61 Å². The van der Waals surface area contributed by atoms with Crippen molar-refractivity contribution < 1.29 is 4.74 Å². The number of rotatable bonds is 5. The Hall–Kier alpha value is -3.00. The summed E-state index contributed by atoms with van der Waals surface area (Å²) < 4.78 is 9.18. The molecule has 1 heterocycles. The summed E-state index contributed by atoms with van der Waals surface area (Å²) in [6, 6.07) is 16.8. The SMILES string of the molecule is CCn1c(=O)n(CCOc2ccc(C#N)cc2)c2ccccc21. The van der Waals surface area contributed by atoms with Crippen LogP contribution >= 0.6 is 0 Å². The third-order valence-electron chi connectivity index (χ3n) is 3.81. The number of aryl methyl sites for hydroxylation is 1. The number of ether oxygens (including phenoxy) is 1. The summed E-state index contributed by atoms with van der Waals surface area (Å²) in [4.78, 5) is 12.5. The molecular formula is C18H17N3O2. The van der Waals surface area contributed by atoms with Crippen LogP contribution in [0, 0.1) is 11.3 Å². The molecule has 0 radical (unpaired) electrons. The van der Waals surface area contributed by atoms with E-state index >= 15 is 0 Å². The van der Waals surface area contributed by atoms with Crippen LogP contribution < -0.4 is 10.4 Å². The zero-order valence-electron chi connectivity index (χ0n) is 12.9. The van der Waals surface area contributed by atoms with Gasteiger partial charge in [0.2, 0.25) is 0 Å². The third kappa shape index (κ3) is 2.84. The normalized spacial score (nSPS) is 10.6. The molecule has 0 spiro atoms. The Morgan fingerprint density at radius 3 is 2.30 bits per heavy atom. The van der Waals surface area contributed by atoms with Crippen LogP contribution in [0.25, 0.3) is 11.0 Å². The number of aromatic nitrogens is 2. The molecule has 3 aromatic rings. The van der Waals surface area contributed by atoms with Gasteiger partial charge in [-0.1, -0.05) is 12.1 Å². The van der Waals surface area contributed by atoms with Crippen molar-refractivity contribution >= 4 is 11.0 Å². The predicted octanol–water partition coefficient (Wildman–Crippen LogP) is 2.77. The van der Waals surface area contributed by atoms with Crippen molar-refractivity contribution in [1.82, 2.24) is 9.13 Å². The molecule has 0 amide bonds. The van der Waals surface area contributed by atoms with E-state index in [-0.39, 0.29) is 5.69 Å². The highest BCUT2D eigenvalue weighted by Gasteiger charge is 2.11. The Labute approximate surface area is 134 Å². The first-order chi connectivity index (χ1) is 11.2. The summed E-state index contributed by atoms with van der Waals surface area (Å²) >= 11 is 0. The van der Waals surface area contributed by atoms with Crippen LogP contribution in [0.1, 0.15) is 12.5 Å². The number of benzene rings is 2. The Kier molecular flexibility index (Phi) is 4.15. The van der Waals surface area contributed by atoms with Crippen LogP contribution in [0.4, 0.5) is 0 Å². The van der Waals surface area contributed by atoms with Gasteiger partial charge in [-0.15, -0.1) is 0 Å². The molecule has 0 N–H and O–H groups in total. The minimum atomic E-state index is -0.0165. The van der Waals surface area contributed by atoms with Gasteiger partial charge in [0.05, 0.1) is 29.2 Å². The van der Waals surface area contributed by atoms with Gasteiger partial charge in [-0.05, 0) is 43.3 Å². The molecule has 5 nitrogen and oxygen atoms in total. The molecule has 0 aliphatic carbocycles. The standard InChI is InChI=1S/C18H17N3O2/c1-2-20-16-5-3-4-6-17(16)21(18(20)22)11-12-23-15-9-7-14(13-19)8-10-15/h3-10H,2,11-12H2,1H3. The molecule has 0 saturated carbocycles. The van der Waals surface area contributed by atoms with Gasteiger partial charge in [-0.3, -0.25) is 9.13 Å². The van der Waals surface area contributed by atoms with E-state index in [1.807, 2.05) is 31.2 Å². The fourth-order valence-electron chi connectivity index (χ4n) is 2.67. The summed E-state index contributed by atoms with van der Waals surface area (Å²) in [6.07, 6.45) is 0. The first-order valence-electron chi connectivity index (χ1n) is 7.55. The lowest BCUT2D eigenvalue weighted by Crippen LogP contribution is -2.25. The summed E-state index contributed by atoms with van der Waals surface area (Å²) in [5, 5.41) is 8.78. The summed E-state index contributed by atoms with van der Waals surface area (Å²) in [7, 11) is 0. The Morgan fingerprint density at radius 1 is 1.04 bits per heavy atom. The topological polar surface area (TPSA) is 59.9 Å². The molecule has 0 bridgehead atoms. The van der Waals surface area contributed by atoms with Crippen molar-refractivity contribution in [2.24, 2.45) is 0 Å². The first kappa shape index (κ1) is 14.9. The second-order valence-corrected chi connectivity index (χ2v) is 5.15. The van der Waals surface area contributed by atoms with E-state index < -0.39 is 0 Å². The quantitative estimate of drug-likeness (QED) is 0.728. The van der Waals surface area contributed by atoms with Gasteiger partial charge in [0.15, 0.2) is 0 Å². The van der Waals surface area contributed by atoms with Crippen LogP contribution in [0.2, 0.25) is 0 Å². The lowest BCUT2D eigenvalue weighted by molar-refractivity contribution is 0.297. The summed E-state index contributed by atoms with van der Waals surface area (Å²) in [6.45, 7) is 3.48. The van der Waals surface area contributed by atoms with E-state index in [2.05, 4.69) is 6.07 Å². The minimum Gasteiger partial charge on any atom is -0.492 e. The molecule has 0 atom stereocenters. The van der Waals surface area contributed by atoms with Gasteiger partial charge in [-0.2, -0.15) is 5.26 Å². The van der Waals surface area contributed by atoms with Crippen molar-refractivity contribution in [3.63, 3.8) is 0 Å². The molecule has 0 aliphatic heterocycles. The van der Waals surface area contributed by atoms with Gasteiger partial charge in [0.1, 0.15) is 12.4 Å². The largest absolute Gasteiger partial charge is 0.492 e. The van der Waals surface area contributed by atoms with E-state index in [0.717, 1.165) is 11.0 Å². The lowest BCUT2D eigenvalue weighted by Gasteiger charge is -2.07. The molecule has 0 aliphatic rings. The zero-order chi connectivity index (χ0) is 16.2. The maximum atomic E-state index is 12.5. The van der Waals surface area contributed by atoms with Crippen molar-refractivity contribution in [3.05, 3.63) is 64.6 Å². The molecule has 0 unspecified atom stereocenters. The van der Waals surface area contributed by atoms with E-state index in [0.29, 0.717) is 31.0 Å². The van der Waals surface area contributed by atoms with Crippen molar-refractivity contribution in [3.8, 4) is 11.8 Å². The molecule has 0 fully saturated rings. The number of para-hydroxylation sites is 2. The van der Waals surface area contributed by atoms with Gasteiger partial charge in [-0.25, -0.2) is 4.79 Å². The van der Waals surface area contributed by atoms with Crippen LogP contribution in [0.3, 0.4) is 0 Å². The molecule has 5 heteroatoms. The molecule has 3 rings (SSSR count). The second kappa shape index (κ2) is 6.41. The van der Waals surface area contributed by atoms with Crippen molar-refractivity contribution in [2.45, 2.75) is 20.0 Å². The van der Waals surface area contributed by atoms with E-state index in [1.54, 1.807) is 33.4 Å². The highest BCUT2D eigenvalue weighted by Crippen LogP contribution is 2.14. The fraction of sp³-hybridized carbons (Fsp3) is 0.222. The summed E-state index contributed by atoms with van der Waals surface area (Å²) in [5.74, 6) is 0.691. The first-order valence-corrected chi connectivity index (χ1v) is 7.55. The number of hydrogen-bond acceptors (Lipinski definition) is 3. The molecule has 1 aromatic heterocycles. The Bertz CT molecular complexity index is 914. The average Bonchev–Trinajstić information content (AvgIpc) is 2.87. The van der Waals surface area contributed by atoms with Gasteiger partial charge in [0, 0.05) is 6.54 Å². The summed E-state index contributed by atoms with van der Waals surface area (Å²) in [5.41, 5.74) is 2.44. The number of fused-ring (bicyclic) bond motifs is 1.